The van der Waals surface area contributed by atoms with Crippen LogP contribution in [-0.2, 0) is 4.74 Å². The van der Waals surface area contributed by atoms with Crippen molar-refractivity contribution in [2.24, 2.45) is 11.5 Å². The van der Waals surface area contributed by atoms with Crippen molar-refractivity contribution in [3.05, 3.63) is 0 Å². The Bertz CT molecular complexity index is 152. The van der Waals surface area contributed by atoms with Gasteiger partial charge in [-0.15, -0.1) is 0 Å². The van der Waals surface area contributed by atoms with Crippen LogP contribution in [0.2, 0.25) is 0 Å². The highest BCUT2D eigenvalue weighted by Crippen LogP contribution is 2.17. The fraction of sp³-hybridized carbons (Fsp3) is 1.00. The minimum absolute atomic E-state index is 0.0298. The topological polar surface area (TPSA) is 122 Å². The summed E-state index contributed by atoms with van der Waals surface area (Å²) in [6.45, 7) is 0.0298. The Kier molecular flexibility index (Phi) is 2.99. The first kappa shape index (κ1) is 9.85. The van der Waals surface area contributed by atoms with E-state index in [2.05, 4.69) is 0 Å². The van der Waals surface area contributed by atoms with Gasteiger partial charge in [0.2, 0.25) is 0 Å². The van der Waals surface area contributed by atoms with E-state index in [9.17, 15) is 10.2 Å². The second kappa shape index (κ2) is 3.65. The van der Waals surface area contributed by atoms with E-state index in [1.54, 1.807) is 0 Å². The van der Waals surface area contributed by atoms with E-state index >= 15 is 0 Å². The molecule has 0 aliphatic carbocycles. The zero-order chi connectivity index (χ0) is 9.30. The molecule has 1 saturated heterocycles. The molecule has 0 bridgehead atoms. The van der Waals surface area contributed by atoms with Crippen molar-refractivity contribution in [2.45, 2.75) is 30.6 Å². The maximum absolute atomic E-state index is 9.28. The van der Waals surface area contributed by atoms with Crippen molar-refractivity contribution in [1.82, 2.24) is 0 Å². The standard InChI is InChI=1S/C6H14N2O4/c7-1-2-4(9)5(10)3(8)6(11)12-2/h2-6,9-11H,1,7-8H2/t2?,3-,4?,5+,6?/m0/s1. The van der Waals surface area contributed by atoms with Crippen LogP contribution < -0.4 is 11.5 Å². The molecule has 72 valence electrons. The average molecular weight is 178 g/mol. The zero-order valence-corrected chi connectivity index (χ0v) is 6.50. The number of rotatable bonds is 1. The Hall–Kier alpha value is -0.240. The van der Waals surface area contributed by atoms with E-state index in [-0.39, 0.29) is 6.54 Å². The lowest BCUT2D eigenvalue weighted by Crippen LogP contribution is -2.62. The molecule has 3 unspecified atom stereocenters. The first-order valence-electron chi connectivity index (χ1n) is 3.73. The molecule has 0 spiro atoms. The molecular weight excluding hydrogens is 164 g/mol. The molecule has 1 rings (SSSR count). The zero-order valence-electron chi connectivity index (χ0n) is 6.50. The Labute approximate surface area is 69.7 Å². The molecule has 1 aliphatic heterocycles. The van der Waals surface area contributed by atoms with Crippen molar-refractivity contribution >= 4 is 0 Å². The van der Waals surface area contributed by atoms with Crippen LogP contribution in [0.1, 0.15) is 0 Å². The van der Waals surface area contributed by atoms with Crippen molar-refractivity contribution < 1.29 is 20.1 Å². The molecule has 6 heteroatoms. The lowest BCUT2D eigenvalue weighted by Gasteiger charge is -2.38. The minimum atomic E-state index is -1.27. The van der Waals surface area contributed by atoms with Crippen LogP contribution >= 0.6 is 0 Å². The second-order valence-electron chi connectivity index (χ2n) is 2.86. The summed E-state index contributed by atoms with van der Waals surface area (Å²) in [5.41, 5.74) is 10.5. The summed E-state index contributed by atoms with van der Waals surface area (Å²) in [7, 11) is 0. The van der Waals surface area contributed by atoms with Crippen molar-refractivity contribution in [3.8, 4) is 0 Å². The van der Waals surface area contributed by atoms with Gasteiger partial charge in [0.05, 0.1) is 6.04 Å². The van der Waals surface area contributed by atoms with Crippen LogP contribution in [-0.4, -0.2) is 52.5 Å². The fourth-order valence-corrected chi connectivity index (χ4v) is 1.16. The van der Waals surface area contributed by atoms with E-state index in [0.29, 0.717) is 0 Å². The third kappa shape index (κ3) is 1.58. The van der Waals surface area contributed by atoms with Gasteiger partial charge in [0.25, 0.3) is 0 Å². The molecule has 0 saturated carbocycles. The van der Waals surface area contributed by atoms with E-state index in [0.717, 1.165) is 0 Å². The summed E-state index contributed by atoms with van der Waals surface area (Å²) in [6, 6.07) is -0.984. The molecule has 0 amide bonds. The van der Waals surface area contributed by atoms with Crippen molar-refractivity contribution in [1.29, 1.82) is 0 Å². The highest BCUT2D eigenvalue weighted by atomic mass is 16.6. The third-order valence-electron chi connectivity index (χ3n) is 2.00. The van der Waals surface area contributed by atoms with Crippen LogP contribution in [0.15, 0.2) is 0 Å². The van der Waals surface area contributed by atoms with Gasteiger partial charge in [-0.05, 0) is 0 Å². The molecule has 6 nitrogen and oxygen atoms in total. The highest BCUT2D eigenvalue weighted by molar-refractivity contribution is 4.91. The lowest BCUT2D eigenvalue weighted by molar-refractivity contribution is -0.238. The molecule has 0 aromatic carbocycles. The molecule has 0 radical (unpaired) electrons. The Morgan fingerprint density at radius 1 is 1.17 bits per heavy atom. The quantitative estimate of drug-likeness (QED) is 0.287. The number of ether oxygens (including phenoxy) is 1. The molecule has 7 N–H and O–H groups in total. The Balaban J connectivity index is 2.63. The van der Waals surface area contributed by atoms with E-state index in [4.69, 9.17) is 21.3 Å². The summed E-state index contributed by atoms with van der Waals surface area (Å²) < 4.78 is 4.83. The molecule has 1 heterocycles. The van der Waals surface area contributed by atoms with Gasteiger partial charge in [0.1, 0.15) is 18.3 Å². The monoisotopic (exact) mass is 178 g/mol. The van der Waals surface area contributed by atoms with Crippen LogP contribution in [0.25, 0.3) is 0 Å². The van der Waals surface area contributed by atoms with Crippen LogP contribution in [0.3, 0.4) is 0 Å². The number of aliphatic hydroxyl groups is 3. The minimum Gasteiger partial charge on any atom is -0.388 e. The van der Waals surface area contributed by atoms with Crippen LogP contribution in [0.4, 0.5) is 0 Å². The van der Waals surface area contributed by atoms with Gasteiger partial charge in [-0.1, -0.05) is 0 Å². The molecule has 1 fully saturated rings. The summed E-state index contributed by atoms with van der Waals surface area (Å²) in [4.78, 5) is 0. The highest BCUT2D eigenvalue weighted by Gasteiger charge is 2.41. The summed E-state index contributed by atoms with van der Waals surface area (Å²) in [5.74, 6) is 0. The van der Waals surface area contributed by atoms with E-state index in [1.807, 2.05) is 0 Å². The van der Waals surface area contributed by atoms with Crippen LogP contribution in [0.5, 0.6) is 0 Å². The molecule has 0 aromatic heterocycles. The van der Waals surface area contributed by atoms with Crippen molar-refractivity contribution in [2.75, 3.05) is 6.54 Å². The number of hydrogen-bond acceptors (Lipinski definition) is 6. The van der Waals surface area contributed by atoms with Gasteiger partial charge in [0, 0.05) is 6.54 Å². The molecule has 5 atom stereocenters. The largest absolute Gasteiger partial charge is 0.388 e. The van der Waals surface area contributed by atoms with Gasteiger partial charge < -0.3 is 31.5 Å². The first-order valence-corrected chi connectivity index (χ1v) is 3.73. The summed E-state index contributed by atoms with van der Waals surface area (Å²) >= 11 is 0. The van der Waals surface area contributed by atoms with Gasteiger partial charge in [-0.2, -0.15) is 0 Å². The van der Waals surface area contributed by atoms with Crippen molar-refractivity contribution in [3.63, 3.8) is 0 Å². The normalized spacial score (nSPS) is 49.2. The molecular formula is C6H14N2O4. The van der Waals surface area contributed by atoms with E-state index < -0.39 is 30.6 Å². The molecule has 12 heavy (non-hydrogen) atoms. The lowest BCUT2D eigenvalue weighted by atomic mass is 9.98. The third-order valence-corrected chi connectivity index (χ3v) is 2.00. The summed E-state index contributed by atoms with van der Waals surface area (Å²) in [6.07, 6.45) is -4.34. The SMILES string of the molecule is NCC1OC(O)[C@@H](N)[C@@H](O)C1O. The number of nitrogens with two attached hydrogens (primary N) is 2. The number of aliphatic hydroxyl groups excluding tert-OH is 3. The van der Waals surface area contributed by atoms with E-state index in [1.165, 1.54) is 0 Å². The number of hydrogen-bond donors (Lipinski definition) is 5. The van der Waals surface area contributed by atoms with Gasteiger partial charge >= 0.3 is 0 Å². The fourth-order valence-electron chi connectivity index (χ4n) is 1.16. The van der Waals surface area contributed by atoms with Crippen LogP contribution in [0, 0.1) is 0 Å². The smallest absolute Gasteiger partial charge is 0.172 e. The molecule has 0 aromatic rings. The average Bonchev–Trinajstić information content (AvgIpc) is 2.08. The van der Waals surface area contributed by atoms with Gasteiger partial charge in [-0.3, -0.25) is 0 Å². The Morgan fingerprint density at radius 3 is 2.25 bits per heavy atom. The first-order chi connectivity index (χ1) is 5.57. The predicted octanol–water partition coefficient (Wildman–Crippen LogP) is -3.29. The Morgan fingerprint density at radius 2 is 1.75 bits per heavy atom. The molecule has 1 aliphatic rings. The summed E-state index contributed by atoms with van der Waals surface area (Å²) in [5, 5.41) is 27.6. The van der Waals surface area contributed by atoms with Gasteiger partial charge in [0.15, 0.2) is 6.29 Å². The maximum atomic E-state index is 9.28. The predicted molar refractivity (Wildman–Crippen MR) is 39.9 cm³/mol. The van der Waals surface area contributed by atoms with Gasteiger partial charge in [-0.25, -0.2) is 0 Å². The maximum Gasteiger partial charge on any atom is 0.172 e. The second-order valence-corrected chi connectivity index (χ2v) is 2.86.